The van der Waals surface area contributed by atoms with E-state index in [-0.39, 0.29) is 36.6 Å². The second-order valence-corrected chi connectivity index (χ2v) is 10.5. The molecule has 37 heavy (non-hydrogen) atoms. The second kappa shape index (κ2) is 18.9. The van der Waals surface area contributed by atoms with Crippen LogP contribution in [0.5, 0.6) is 0 Å². The van der Waals surface area contributed by atoms with Crippen LogP contribution < -0.4 is 21.5 Å². The topological polar surface area (TPSA) is 134 Å². The van der Waals surface area contributed by atoms with Gasteiger partial charge in [-0.25, -0.2) is 0 Å². The molecule has 1 aliphatic heterocycles. The lowest BCUT2D eigenvalue weighted by Crippen LogP contribution is -2.33. The summed E-state index contributed by atoms with van der Waals surface area (Å²) in [5.74, 6) is 0.306. The van der Waals surface area contributed by atoms with Crippen LogP contribution in [0.2, 0.25) is 0 Å². The van der Waals surface area contributed by atoms with Crippen LogP contribution in [-0.4, -0.2) is 47.5 Å². The van der Waals surface area contributed by atoms with E-state index >= 15 is 0 Å². The molecule has 5 N–H and O–H groups in total. The molecule has 1 unspecified atom stereocenters. The Hall–Kier alpha value is -2.29. The van der Waals surface area contributed by atoms with E-state index in [2.05, 4.69) is 22.2 Å². The fourth-order valence-corrected chi connectivity index (χ4v) is 4.91. The standard InChI is InChI=1S/C28H51N5O4/c1-2-3-4-5-6-7-8-9-10-11-12-13-14-15-16-17-24(35)37-21-23(18-19-34)20-33-22-30-25-26(33)31-28(29)32-27(25)36/h23,30,34H,2-22H2,1H3,(H3,29,31,32,36). The Balaban J connectivity index is 1.49. The molecule has 1 atom stereocenters. The molecule has 2 rings (SSSR count). The number of aromatic nitrogens is 2. The van der Waals surface area contributed by atoms with Crippen molar-refractivity contribution >= 4 is 23.4 Å². The summed E-state index contributed by atoms with van der Waals surface area (Å²) in [6.45, 7) is 3.43. The van der Waals surface area contributed by atoms with Gasteiger partial charge in [0.25, 0.3) is 5.56 Å². The monoisotopic (exact) mass is 521 g/mol. The van der Waals surface area contributed by atoms with Gasteiger partial charge in [-0.1, -0.05) is 96.8 Å². The van der Waals surface area contributed by atoms with E-state index in [9.17, 15) is 14.7 Å². The highest BCUT2D eigenvalue weighted by atomic mass is 16.5. The molecule has 2 heterocycles. The third-order valence-corrected chi connectivity index (χ3v) is 7.15. The number of nitrogens with two attached hydrogens (primary N) is 1. The van der Waals surface area contributed by atoms with Crippen molar-refractivity contribution in [1.29, 1.82) is 0 Å². The predicted octanol–water partition coefficient (Wildman–Crippen LogP) is 5.34. The third-order valence-electron chi connectivity index (χ3n) is 7.15. The van der Waals surface area contributed by atoms with E-state index in [0.717, 1.165) is 12.8 Å². The summed E-state index contributed by atoms with van der Waals surface area (Å²) >= 11 is 0. The molecule has 0 saturated carbocycles. The number of rotatable bonds is 22. The van der Waals surface area contributed by atoms with Crippen molar-refractivity contribution in [3.05, 3.63) is 10.4 Å². The summed E-state index contributed by atoms with van der Waals surface area (Å²) < 4.78 is 5.51. The highest BCUT2D eigenvalue weighted by Gasteiger charge is 2.26. The zero-order valence-electron chi connectivity index (χ0n) is 23.1. The molecule has 0 aliphatic carbocycles. The van der Waals surface area contributed by atoms with Crippen LogP contribution in [0.25, 0.3) is 0 Å². The smallest absolute Gasteiger partial charge is 0.305 e. The molecule has 0 saturated heterocycles. The Morgan fingerprint density at radius 1 is 1.00 bits per heavy atom. The Labute approximate surface area is 223 Å². The number of aliphatic hydroxyl groups is 1. The van der Waals surface area contributed by atoms with Crippen molar-refractivity contribution in [2.24, 2.45) is 5.92 Å². The van der Waals surface area contributed by atoms with Gasteiger partial charge in [0.2, 0.25) is 5.95 Å². The number of nitrogens with one attached hydrogen (secondary N) is 2. The SMILES string of the molecule is CCCCCCCCCCCCCCCCCC(=O)OCC(CCO)CN1CNc2c1nc(N)[nH]c2=O. The number of H-pyrrole nitrogens is 1. The van der Waals surface area contributed by atoms with Crippen LogP contribution in [0.3, 0.4) is 0 Å². The van der Waals surface area contributed by atoms with Gasteiger partial charge < -0.3 is 25.8 Å². The number of aromatic amines is 1. The zero-order chi connectivity index (χ0) is 26.7. The number of carbonyl (C=O) groups is 1. The maximum absolute atomic E-state index is 12.2. The van der Waals surface area contributed by atoms with Crippen LogP contribution >= 0.6 is 0 Å². The number of ether oxygens (including phenoxy) is 1. The molecule has 1 aromatic rings. The van der Waals surface area contributed by atoms with Gasteiger partial charge in [0.1, 0.15) is 5.69 Å². The number of carbonyl (C=O) groups excluding carboxylic acids is 1. The van der Waals surface area contributed by atoms with Gasteiger partial charge in [-0.2, -0.15) is 4.98 Å². The molecule has 1 aliphatic rings. The lowest BCUT2D eigenvalue weighted by Gasteiger charge is -2.23. The molecule has 0 spiro atoms. The van der Waals surface area contributed by atoms with Crippen LogP contribution in [0.4, 0.5) is 17.5 Å². The number of anilines is 3. The molecule has 0 bridgehead atoms. The third kappa shape index (κ3) is 12.7. The van der Waals surface area contributed by atoms with Gasteiger partial charge in [-0.15, -0.1) is 0 Å². The van der Waals surface area contributed by atoms with Gasteiger partial charge >= 0.3 is 5.97 Å². The van der Waals surface area contributed by atoms with Crippen LogP contribution in [0.15, 0.2) is 4.79 Å². The van der Waals surface area contributed by atoms with Crippen LogP contribution in [0, 0.1) is 5.92 Å². The van der Waals surface area contributed by atoms with E-state index in [0.29, 0.717) is 37.6 Å². The quantitative estimate of drug-likeness (QED) is 0.119. The highest BCUT2D eigenvalue weighted by molar-refractivity contribution is 5.71. The predicted molar refractivity (Wildman–Crippen MR) is 151 cm³/mol. The summed E-state index contributed by atoms with van der Waals surface area (Å²) in [7, 11) is 0. The molecule has 1 aromatic heterocycles. The number of nitrogens with zero attached hydrogens (tertiary/aromatic N) is 2. The molecule has 9 heteroatoms. The van der Waals surface area contributed by atoms with E-state index in [1.165, 1.54) is 83.5 Å². The molecule has 9 nitrogen and oxygen atoms in total. The first-order chi connectivity index (χ1) is 18.0. The largest absolute Gasteiger partial charge is 0.465 e. The van der Waals surface area contributed by atoms with Crippen LogP contribution in [-0.2, 0) is 9.53 Å². The summed E-state index contributed by atoms with van der Waals surface area (Å²) in [5, 5.41) is 12.5. The average Bonchev–Trinajstić information content (AvgIpc) is 3.27. The summed E-state index contributed by atoms with van der Waals surface area (Å²) in [5.41, 5.74) is 5.77. The van der Waals surface area contributed by atoms with Crippen molar-refractivity contribution in [2.75, 3.05) is 42.4 Å². The first kappa shape index (κ1) is 30.9. The minimum absolute atomic E-state index is 0.000328. The fourth-order valence-electron chi connectivity index (χ4n) is 4.91. The van der Waals surface area contributed by atoms with Gasteiger partial charge in [-0.05, 0) is 12.8 Å². The first-order valence-electron chi connectivity index (χ1n) is 14.7. The Kier molecular flexibility index (Phi) is 15.8. The van der Waals surface area contributed by atoms with E-state index in [1.54, 1.807) is 0 Å². The Morgan fingerprint density at radius 3 is 2.14 bits per heavy atom. The average molecular weight is 522 g/mol. The number of esters is 1. The van der Waals surface area contributed by atoms with E-state index in [1.807, 2.05) is 4.90 Å². The van der Waals surface area contributed by atoms with Crippen LogP contribution in [0.1, 0.15) is 116 Å². The number of nitrogen functional groups attached to an aromatic ring is 1. The molecular formula is C28H51N5O4. The molecule has 0 fully saturated rings. The van der Waals surface area contributed by atoms with Crippen molar-refractivity contribution in [3.63, 3.8) is 0 Å². The van der Waals surface area contributed by atoms with Gasteiger partial charge in [-0.3, -0.25) is 14.6 Å². The first-order valence-corrected chi connectivity index (χ1v) is 14.7. The van der Waals surface area contributed by atoms with Crippen molar-refractivity contribution in [1.82, 2.24) is 9.97 Å². The maximum atomic E-state index is 12.2. The van der Waals surface area contributed by atoms with Gasteiger partial charge in [0, 0.05) is 25.5 Å². The molecular weight excluding hydrogens is 470 g/mol. The zero-order valence-corrected chi connectivity index (χ0v) is 23.1. The van der Waals surface area contributed by atoms with Gasteiger partial charge in [0.15, 0.2) is 5.82 Å². The Bertz CT molecular complexity index is 816. The van der Waals surface area contributed by atoms with E-state index in [4.69, 9.17) is 10.5 Å². The van der Waals surface area contributed by atoms with Crippen molar-refractivity contribution in [3.8, 4) is 0 Å². The number of aliphatic hydroxyl groups excluding tert-OH is 1. The number of hydrogen-bond acceptors (Lipinski definition) is 8. The number of hydrogen-bond donors (Lipinski definition) is 4. The molecule has 212 valence electrons. The fraction of sp³-hybridized carbons (Fsp3) is 0.821. The normalized spacial score (nSPS) is 13.4. The Morgan fingerprint density at radius 2 is 1.57 bits per heavy atom. The van der Waals surface area contributed by atoms with E-state index < -0.39 is 0 Å². The van der Waals surface area contributed by atoms with Crippen molar-refractivity contribution in [2.45, 2.75) is 116 Å². The minimum Gasteiger partial charge on any atom is -0.465 e. The lowest BCUT2D eigenvalue weighted by atomic mass is 10.0. The second-order valence-electron chi connectivity index (χ2n) is 10.5. The molecule has 0 aromatic carbocycles. The number of unbranched alkanes of at least 4 members (excludes halogenated alkanes) is 14. The van der Waals surface area contributed by atoms with Crippen molar-refractivity contribution < 1.29 is 14.6 Å². The summed E-state index contributed by atoms with van der Waals surface area (Å²) in [4.78, 5) is 32.8. The maximum Gasteiger partial charge on any atom is 0.305 e. The lowest BCUT2D eigenvalue weighted by molar-refractivity contribution is -0.145. The summed E-state index contributed by atoms with van der Waals surface area (Å²) in [6, 6.07) is 0. The highest BCUT2D eigenvalue weighted by Crippen LogP contribution is 2.27. The van der Waals surface area contributed by atoms with Gasteiger partial charge in [0.05, 0.1) is 13.3 Å². The molecule has 0 radical (unpaired) electrons. The molecule has 0 amide bonds. The number of fused-ring (bicyclic) bond motifs is 1. The minimum atomic E-state index is -0.307. The summed E-state index contributed by atoms with van der Waals surface area (Å²) in [6.07, 6.45) is 20.4.